The molecule has 1 saturated heterocycles. The summed E-state index contributed by atoms with van der Waals surface area (Å²) in [5.41, 5.74) is 8.63. The number of nitrogens with two attached hydrogens (primary N) is 1. The van der Waals surface area contributed by atoms with Crippen LogP contribution in [0.1, 0.15) is 30.6 Å². The molecule has 28 heavy (non-hydrogen) atoms. The predicted molar refractivity (Wildman–Crippen MR) is 103 cm³/mol. The number of rotatable bonds is 4. The van der Waals surface area contributed by atoms with Gasteiger partial charge in [0.2, 0.25) is 11.7 Å². The van der Waals surface area contributed by atoms with E-state index < -0.39 is 0 Å². The van der Waals surface area contributed by atoms with E-state index in [1.807, 2.05) is 18.2 Å². The van der Waals surface area contributed by atoms with Gasteiger partial charge >= 0.3 is 0 Å². The Labute approximate surface area is 161 Å². The molecule has 0 aliphatic carbocycles. The van der Waals surface area contributed by atoms with E-state index in [0.29, 0.717) is 23.1 Å². The van der Waals surface area contributed by atoms with Crippen LogP contribution in [-0.2, 0) is 13.6 Å². The Balaban J connectivity index is 1.41. The maximum Gasteiger partial charge on any atom is 0.244 e. The van der Waals surface area contributed by atoms with Gasteiger partial charge in [-0.2, -0.15) is 4.98 Å². The summed E-state index contributed by atoms with van der Waals surface area (Å²) in [6.45, 7) is 1.69. The number of imidazole rings is 1. The van der Waals surface area contributed by atoms with Crippen molar-refractivity contribution in [2.45, 2.75) is 25.4 Å². The molecule has 3 aromatic heterocycles. The molecule has 9 nitrogen and oxygen atoms in total. The Hall–Kier alpha value is -3.33. The first-order valence-electron chi connectivity index (χ1n) is 9.24. The maximum absolute atomic E-state index is 5.90. The Morgan fingerprint density at radius 1 is 1.25 bits per heavy atom. The van der Waals surface area contributed by atoms with Gasteiger partial charge in [-0.15, -0.1) is 0 Å². The molecule has 0 radical (unpaired) electrons. The molecule has 142 valence electrons. The molecule has 0 bridgehead atoms. The van der Waals surface area contributed by atoms with E-state index in [4.69, 9.17) is 15.2 Å². The van der Waals surface area contributed by atoms with Gasteiger partial charge in [0.05, 0.1) is 29.2 Å². The predicted octanol–water partition coefficient (Wildman–Crippen LogP) is 2.33. The lowest BCUT2D eigenvalue weighted by Gasteiger charge is -2.20. The number of nitrogen functional groups attached to an aromatic ring is 1. The van der Waals surface area contributed by atoms with Crippen molar-refractivity contribution < 1.29 is 4.52 Å². The molecular weight excluding hydrogens is 356 g/mol. The first kappa shape index (κ1) is 16.8. The van der Waals surface area contributed by atoms with E-state index in [-0.39, 0.29) is 6.04 Å². The highest BCUT2D eigenvalue weighted by atomic mass is 16.5. The number of benzene rings is 1. The minimum Gasteiger partial charge on any atom is -0.383 e. The molecule has 0 amide bonds. The molecule has 4 heterocycles. The van der Waals surface area contributed by atoms with Crippen LogP contribution >= 0.6 is 0 Å². The van der Waals surface area contributed by atoms with Crippen molar-refractivity contribution in [1.29, 1.82) is 0 Å². The zero-order valence-corrected chi connectivity index (χ0v) is 15.5. The van der Waals surface area contributed by atoms with Gasteiger partial charge < -0.3 is 14.8 Å². The number of hydrogen-bond acceptors (Lipinski definition) is 8. The number of aromatic nitrogens is 6. The molecule has 0 spiro atoms. The summed E-state index contributed by atoms with van der Waals surface area (Å²) in [7, 11) is 2.05. The number of hydrogen-bond donors (Lipinski definition) is 1. The van der Waals surface area contributed by atoms with Gasteiger partial charge in [-0.3, -0.25) is 4.90 Å². The van der Waals surface area contributed by atoms with Gasteiger partial charge in [0, 0.05) is 13.2 Å². The molecule has 9 heteroatoms. The maximum atomic E-state index is 5.90. The van der Waals surface area contributed by atoms with Gasteiger partial charge in [-0.1, -0.05) is 17.3 Å². The third kappa shape index (κ3) is 2.80. The zero-order valence-electron chi connectivity index (χ0n) is 15.5. The lowest BCUT2D eigenvalue weighted by atomic mass is 10.2. The summed E-state index contributed by atoms with van der Waals surface area (Å²) < 4.78 is 7.72. The summed E-state index contributed by atoms with van der Waals surface area (Å²) >= 11 is 0. The minimum atomic E-state index is 0.0620. The summed E-state index contributed by atoms with van der Waals surface area (Å²) in [5, 5.41) is 4.09. The fourth-order valence-corrected chi connectivity index (χ4v) is 3.80. The summed E-state index contributed by atoms with van der Waals surface area (Å²) in [6, 6.07) is 8.23. The minimum absolute atomic E-state index is 0.0620. The fraction of sp³-hybridized carbons (Fsp3) is 0.316. The number of aryl methyl sites for hydroxylation is 1. The molecule has 2 N–H and O–H groups in total. The standard InChI is InChI=1S/C19H20N8O/c1-26-14-6-3-2-5-13(14)23-16(26)10-27-8-4-7-15(27)19-24-18(25-28-19)12-9-21-11-22-17(12)20/h2-3,5-6,9,11,15H,4,7-8,10H2,1H3,(H2,20,21,22)/t15-/m0/s1. The van der Waals surface area contributed by atoms with Crippen molar-refractivity contribution in [2.75, 3.05) is 12.3 Å². The molecule has 1 fully saturated rings. The molecule has 1 aromatic carbocycles. The van der Waals surface area contributed by atoms with Crippen LogP contribution in [0.5, 0.6) is 0 Å². The molecule has 0 unspecified atom stereocenters. The molecule has 0 saturated carbocycles. The van der Waals surface area contributed by atoms with Crippen LogP contribution < -0.4 is 5.73 Å². The molecular formula is C19H20N8O. The first-order chi connectivity index (χ1) is 13.7. The Morgan fingerprint density at radius 2 is 2.14 bits per heavy atom. The van der Waals surface area contributed by atoms with E-state index in [1.165, 1.54) is 6.33 Å². The molecule has 5 rings (SSSR count). The number of likely N-dealkylation sites (tertiary alicyclic amines) is 1. The zero-order chi connectivity index (χ0) is 19.1. The summed E-state index contributed by atoms with van der Waals surface area (Å²) in [5.74, 6) is 2.37. The lowest BCUT2D eigenvalue weighted by Crippen LogP contribution is -2.24. The van der Waals surface area contributed by atoms with Crippen LogP contribution in [-0.4, -0.2) is 41.1 Å². The van der Waals surface area contributed by atoms with Crippen LogP contribution in [0, 0.1) is 0 Å². The van der Waals surface area contributed by atoms with Gasteiger partial charge in [-0.05, 0) is 31.5 Å². The quantitative estimate of drug-likeness (QED) is 0.577. The van der Waals surface area contributed by atoms with Gasteiger partial charge in [0.15, 0.2) is 0 Å². The number of nitrogens with zero attached hydrogens (tertiary/aromatic N) is 7. The van der Waals surface area contributed by atoms with E-state index in [0.717, 1.165) is 42.8 Å². The average molecular weight is 376 g/mol. The van der Waals surface area contributed by atoms with Gasteiger partial charge in [0.1, 0.15) is 18.0 Å². The Kier molecular flexibility index (Phi) is 4.01. The second-order valence-corrected chi connectivity index (χ2v) is 6.98. The van der Waals surface area contributed by atoms with Crippen LogP contribution in [0.4, 0.5) is 5.82 Å². The third-order valence-corrected chi connectivity index (χ3v) is 5.30. The van der Waals surface area contributed by atoms with Crippen LogP contribution in [0.25, 0.3) is 22.4 Å². The normalized spacial score (nSPS) is 17.5. The van der Waals surface area contributed by atoms with Crippen LogP contribution in [0.2, 0.25) is 0 Å². The highest BCUT2D eigenvalue weighted by Gasteiger charge is 2.32. The Bertz CT molecular complexity index is 1130. The number of para-hydroxylation sites is 2. The van der Waals surface area contributed by atoms with E-state index in [2.05, 4.69) is 42.7 Å². The topological polar surface area (TPSA) is 112 Å². The van der Waals surface area contributed by atoms with Crippen molar-refractivity contribution in [2.24, 2.45) is 7.05 Å². The Morgan fingerprint density at radius 3 is 3.00 bits per heavy atom. The van der Waals surface area contributed by atoms with E-state index in [9.17, 15) is 0 Å². The second kappa shape index (κ2) is 6.68. The van der Waals surface area contributed by atoms with Crippen LogP contribution in [0.3, 0.4) is 0 Å². The van der Waals surface area contributed by atoms with E-state index >= 15 is 0 Å². The van der Waals surface area contributed by atoms with Crippen molar-refractivity contribution in [3.8, 4) is 11.4 Å². The van der Waals surface area contributed by atoms with Gasteiger partial charge in [-0.25, -0.2) is 15.0 Å². The lowest BCUT2D eigenvalue weighted by molar-refractivity contribution is 0.196. The highest BCUT2D eigenvalue weighted by molar-refractivity contribution is 5.75. The largest absolute Gasteiger partial charge is 0.383 e. The van der Waals surface area contributed by atoms with Crippen molar-refractivity contribution in [1.82, 2.24) is 34.6 Å². The molecule has 1 aliphatic rings. The molecule has 4 aromatic rings. The smallest absolute Gasteiger partial charge is 0.244 e. The van der Waals surface area contributed by atoms with Crippen LogP contribution in [0.15, 0.2) is 41.3 Å². The summed E-state index contributed by atoms with van der Waals surface area (Å²) in [6.07, 6.45) is 5.04. The fourth-order valence-electron chi connectivity index (χ4n) is 3.80. The second-order valence-electron chi connectivity index (χ2n) is 6.98. The highest BCUT2D eigenvalue weighted by Crippen LogP contribution is 2.33. The average Bonchev–Trinajstić information content (AvgIpc) is 3.43. The van der Waals surface area contributed by atoms with Crippen molar-refractivity contribution >= 4 is 16.9 Å². The monoisotopic (exact) mass is 376 g/mol. The number of anilines is 1. The van der Waals surface area contributed by atoms with Gasteiger partial charge in [0.25, 0.3) is 0 Å². The number of fused-ring (bicyclic) bond motifs is 1. The summed E-state index contributed by atoms with van der Waals surface area (Å²) in [4.78, 5) is 19.7. The van der Waals surface area contributed by atoms with E-state index in [1.54, 1.807) is 6.20 Å². The SMILES string of the molecule is Cn1c(CN2CCC[C@H]2c2nc(-c3cncnc3N)no2)nc2ccccc21. The molecule has 1 atom stereocenters. The molecule has 1 aliphatic heterocycles. The third-order valence-electron chi connectivity index (χ3n) is 5.30. The first-order valence-corrected chi connectivity index (χ1v) is 9.24. The van der Waals surface area contributed by atoms with Crippen molar-refractivity contribution in [3.63, 3.8) is 0 Å². The van der Waals surface area contributed by atoms with Crippen molar-refractivity contribution in [3.05, 3.63) is 48.5 Å².